The van der Waals surface area contributed by atoms with E-state index in [0.717, 1.165) is 6.42 Å². The van der Waals surface area contributed by atoms with Gasteiger partial charge >= 0.3 is 0 Å². The van der Waals surface area contributed by atoms with Crippen LogP contribution in [0, 0.1) is 0 Å². The van der Waals surface area contributed by atoms with Crippen molar-refractivity contribution in [2.24, 2.45) is 5.73 Å². The van der Waals surface area contributed by atoms with Crippen LogP contribution in [0.25, 0.3) is 0 Å². The summed E-state index contributed by atoms with van der Waals surface area (Å²) in [4.78, 5) is 33.7. The molecule has 0 radical (unpaired) electrons. The second-order valence-corrected chi connectivity index (χ2v) is 5.21. The number of nitrogens with two attached hydrogens (primary N) is 1. The Morgan fingerprint density at radius 1 is 1.00 bits per heavy atom. The fraction of sp³-hybridized carbons (Fsp3) is 0.750. The average Bonchev–Trinajstić information content (AvgIpc) is 2.37. The van der Waals surface area contributed by atoms with E-state index in [1.54, 1.807) is 0 Å². The molecule has 0 aromatic heterocycles. The maximum Gasteiger partial charge on any atom is 0.239 e. The summed E-state index contributed by atoms with van der Waals surface area (Å²) in [6, 6.07) is -0.657. The highest BCUT2D eigenvalue weighted by Crippen LogP contribution is 2.01. The van der Waals surface area contributed by atoms with E-state index in [9.17, 15) is 14.4 Å². The molecule has 0 saturated carbocycles. The number of hydrogen-bond acceptors (Lipinski definition) is 5. The molecule has 6 nitrogen and oxygen atoms in total. The topological polar surface area (TPSA) is 101 Å². The van der Waals surface area contributed by atoms with Gasteiger partial charge < -0.3 is 16.4 Å². The molecule has 116 valence electrons. The van der Waals surface area contributed by atoms with Crippen molar-refractivity contribution in [1.29, 1.82) is 0 Å². The summed E-state index contributed by atoms with van der Waals surface area (Å²) in [6.45, 7) is 0.544. The van der Waals surface area contributed by atoms with Gasteiger partial charge in [0.25, 0.3) is 0 Å². The van der Waals surface area contributed by atoms with Crippen LogP contribution in [-0.2, 0) is 14.4 Å². The van der Waals surface area contributed by atoms with Crippen LogP contribution < -0.4 is 16.4 Å². The molecule has 8 heteroatoms. The lowest BCUT2D eigenvalue weighted by Gasteiger charge is -2.15. The minimum atomic E-state index is -0.657. The number of thiol groups is 2. The van der Waals surface area contributed by atoms with E-state index in [-0.39, 0.29) is 18.2 Å². The van der Waals surface area contributed by atoms with Gasteiger partial charge in [-0.3, -0.25) is 14.4 Å². The van der Waals surface area contributed by atoms with Crippen LogP contribution >= 0.6 is 25.3 Å². The SMILES string of the molecule is NC(=O)[C@H](CCCCNC(=O)CCS)NC(=O)CCS. The van der Waals surface area contributed by atoms with E-state index in [4.69, 9.17) is 5.73 Å². The number of carbonyl (C=O) groups is 3. The number of carbonyl (C=O) groups excluding carboxylic acids is 3. The molecule has 0 rings (SSSR count). The third kappa shape index (κ3) is 9.96. The van der Waals surface area contributed by atoms with E-state index in [1.807, 2.05) is 0 Å². The molecule has 0 saturated heterocycles. The van der Waals surface area contributed by atoms with Gasteiger partial charge in [0.1, 0.15) is 6.04 Å². The molecule has 0 spiro atoms. The van der Waals surface area contributed by atoms with Gasteiger partial charge in [-0.25, -0.2) is 0 Å². The van der Waals surface area contributed by atoms with Crippen molar-refractivity contribution in [3.63, 3.8) is 0 Å². The molecule has 0 aromatic rings. The Kier molecular flexibility index (Phi) is 11.4. The Bertz CT molecular complexity index is 327. The number of unbranched alkanes of at least 4 members (excludes halogenated alkanes) is 1. The van der Waals surface area contributed by atoms with Gasteiger partial charge in [-0.15, -0.1) is 0 Å². The molecule has 1 atom stereocenters. The molecular weight excluding hydrogens is 298 g/mol. The molecular formula is C12H23N3O3S2. The molecule has 0 aliphatic rings. The zero-order chi connectivity index (χ0) is 15.4. The molecule has 3 amide bonds. The van der Waals surface area contributed by atoms with Gasteiger partial charge in [0, 0.05) is 19.4 Å². The molecule has 20 heavy (non-hydrogen) atoms. The van der Waals surface area contributed by atoms with Crippen LogP contribution in [0.3, 0.4) is 0 Å². The Balaban J connectivity index is 3.84. The Morgan fingerprint density at radius 2 is 1.60 bits per heavy atom. The summed E-state index contributed by atoms with van der Waals surface area (Å²) < 4.78 is 0. The van der Waals surface area contributed by atoms with Crippen LogP contribution in [0.15, 0.2) is 0 Å². The number of amides is 3. The predicted octanol–water partition coefficient (Wildman–Crippen LogP) is -0.117. The largest absolute Gasteiger partial charge is 0.368 e. The Hall–Kier alpha value is -0.890. The quantitative estimate of drug-likeness (QED) is 0.271. The molecule has 0 aromatic carbocycles. The molecule has 0 heterocycles. The van der Waals surface area contributed by atoms with E-state index in [0.29, 0.717) is 37.3 Å². The van der Waals surface area contributed by atoms with E-state index < -0.39 is 11.9 Å². The van der Waals surface area contributed by atoms with E-state index in [2.05, 4.69) is 35.9 Å². The molecule has 0 aliphatic carbocycles. The third-order valence-corrected chi connectivity index (χ3v) is 3.05. The summed E-state index contributed by atoms with van der Waals surface area (Å²) in [5.41, 5.74) is 5.23. The fourth-order valence-electron chi connectivity index (χ4n) is 1.54. The second kappa shape index (κ2) is 11.9. The van der Waals surface area contributed by atoms with E-state index in [1.165, 1.54) is 0 Å². The maximum absolute atomic E-state index is 11.4. The third-order valence-electron chi connectivity index (χ3n) is 2.60. The van der Waals surface area contributed by atoms with Crippen LogP contribution in [0.2, 0.25) is 0 Å². The van der Waals surface area contributed by atoms with Gasteiger partial charge in [-0.05, 0) is 30.8 Å². The smallest absolute Gasteiger partial charge is 0.239 e. The van der Waals surface area contributed by atoms with Crippen molar-refractivity contribution in [2.45, 2.75) is 38.1 Å². The number of nitrogens with one attached hydrogen (secondary N) is 2. The molecule has 0 bridgehead atoms. The van der Waals surface area contributed by atoms with Gasteiger partial charge in [0.2, 0.25) is 17.7 Å². The lowest BCUT2D eigenvalue weighted by molar-refractivity contribution is -0.127. The Morgan fingerprint density at radius 3 is 2.15 bits per heavy atom. The van der Waals surface area contributed by atoms with Gasteiger partial charge in [-0.2, -0.15) is 25.3 Å². The standard InChI is InChI=1S/C12H23N3O3S2/c13-12(18)9(15-11(17)5-8-20)3-1-2-6-14-10(16)4-7-19/h9,19-20H,1-8H2,(H2,13,18)(H,14,16)(H,15,17)/t9-/m0/s1. The molecule has 0 fully saturated rings. The summed E-state index contributed by atoms with van der Waals surface area (Å²) in [5, 5.41) is 5.32. The number of rotatable bonds is 11. The number of primary amides is 1. The first kappa shape index (κ1) is 19.1. The van der Waals surface area contributed by atoms with Crippen molar-refractivity contribution < 1.29 is 14.4 Å². The monoisotopic (exact) mass is 321 g/mol. The highest BCUT2D eigenvalue weighted by atomic mass is 32.1. The summed E-state index contributed by atoms with van der Waals surface area (Å²) in [6.07, 6.45) is 2.54. The lowest BCUT2D eigenvalue weighted by atomic mass is 10.1. The Labute approximate surface area is 130 Å². The zero-order valence-corrected chi connectivity index (χ0v) is 13.2. The first-order valence-corrected chi connectivity index (χ1v) is 7.84. The van der Waals surface area contributed by atoms with Crippen LogP contribution in [0.5, 0.6) is 0 Å². The minimum absolute atomic E-state index is 0.0338. The number of hydrogen-bond donors (Lipinski definition) is 5. The van der Waals surface area contributed by atoms with Crippen molar-refractivity contribution in [3.05, 3.63) is 0 Å². The van der Waals surface area contributed by atoms with Gasteiger partial charge in [-0.1, -0.05) is 0 Å². The summed E-state index contributed by atoms with van der Waals surface area (Å²) in [5.74, 6) is 0.136. The average molecular weight is 321 g/mol. The first-order valence-electron chi connectivity index (χ1n) is 6.58. The molecule has 4 N–H and O–H groups in total. The van der Waals surface area contributed by atoms with Crippen LogP contribution in [-0.4, -0.2) is 41.8 Å². The van der Waals surface area contributed by atoms with Crippen LogP contribution in [0.4, 0.5) is 0 Å². The highest BCUT2D eigenvalue weighted by Gasteiger charge is 2.16. The second-order valence-electron chi connectivity index (χ2n) is 4.32. The van der Waals surface area contributed by atoms with Crippen molar-refractivity contribution >= 4 is 43.0 Å². The normalized spacial score (nSPS) is 11.7. The van der Waals surface area contributed by atoms with Crippen molar-refractivity contribution in [2.75, 3.05) is 18.1 Å². The van der Waals surface area contributed by atoms with Crippen LogP contribution in [0.1, 0.15) is 32.1 Å². The minimum Gasteiger partial charge on any atom is -0.368 e. The fourth-order valence-corrected chi connectivity index (χ4v) is 1.95. The lowest BCUT2D eigenvalue weighted by Crippen LogP contribution is -2.44. The molecule has 0 unspecified atom stereocenters. The van der Waals surface area contributed by atoms with Gasteiger partial charge in [0.15, 0.2) is 0 Å². The highest BCUT2D eigenvalue weighted by molar-refractivity contribution is 7.80. The predicted molar refractivity (Wildman–Crippen MR) is 84.9 cm³/mol. The molecule has 0 aliphatic heterocycles. The summed E-state index contributed by atoms with van der Waals surface area (Å²) in [7, 11) is 0. The van der Waals surface area contributed by atoms with Crippen molar-refractivity contribution in [1.82, 2.24) is 10.6 Å². The summed E-state index contributed by atoms with van der Waals surface area (Å²) >= 11 is 7.91. The van der Waals surface area contributed by atoms with Crippen molar-refractivity contribution in [3.8, 4) is 0 Å². The zero-order valence-electron chi connectivity index (χ0n) is 11.4. The maximum atomic E-state index is 11.4. The van der Waals surface area contributed by atoms with E-state index >= 15 is 0 Å². The van der Waals surface area contributed by atoms with Gasteiger partial charge in [0.05, 0.1) is 0 Å². The first-order chi connectivity index (χ1) is 9.51.